The second-order valence-corrected chi connectivity index (χ2v) is 18.6. The molecule has 1 aromatic heterocycles. The molecule has 0 aromatic carbocycles. The Hall–Kier alpha value is -1.47. The summed E-state index contributed by atoms with van der Waals surface area (Å²) in [5.41, 5.74) is 0.240. The molecule has 0 atom stereocenters. The fraction of sp³-hybridized carbons (Fsp3) is 0.929. The van der Waals surface area contributed by atoms with Gasteiger partial charge in [0.2, 0.25) is 11.9 Å². The summed E-state index contributed by atoms with van der Waals surface area (Å²) in [6.45, 7) is 27.8. The summed E-state index contributed by atoms with van der Waals surface area (Å²) >= 11 is 0. The van der Waals surface area contributed by atoms with E-state index in [0.717, 1.165) is 82.2 Å². The number of hydrogen-bond acceptors (Lipinski definition) is 7. The third kappa shape index (κ3) is 14.6. The molecule has 3 heterocycles. The number of hydrogen-bond donors (Lipinski definition) is 2. The van der Waals surface area contributed by atoms with Crippen LogP contribution in [0.1, 0.15) is 204 Å². The van der Waals surface area contributed by atoms with Crippen LogP contribution in [0.25, 0.3) is 0 Å². The Bertz CT molecular complexity index is 981. The Balaban J connectivity index is 1.90. The van der Waals surface area contributed by atoms with Crippen molar-refractivity contribution in [3.8, 4) is 0 Å². The molecule has 7 heteroatoms. The van der Waals surface area contributed by atoms with Crippen LogP contribution in [0.4, 0.5) is 11.9 Å². The third-order valence-corrected chi connectivity index (χ3v) is 10.9. The number of nitrogens with zero attached hydrogens (tertiary/aromatic N) is 5. The minimum absolute atomic E-state index is 0.0600. The average molecular weight is 684 g/mol. The number of anilines is 2. The standard InChI is InChI=1S/C42H81N7/c1-12-15-18-19-20-21-22-23-24-25-26-27-36-43-37(48(28-16-13-2)34-30-39(4,5)46-40(6,7)31-34)45-38(44-36)49(29-17-14-3)35-32-41(8,9)47-42(10,11)33-35/h34-35,46-47H,12-33H2,1-11H3. The van der Waals surface area contributed by atoms with Gasteiger partial charge in [0.1, 0.15) is 5.82 Å². The molecule has 2 saturated heterocycles. The van der Waals surface area contributed by atoms with Crippen LogP contribution in [-0.2, 0) is 6.42 Å². The van der Waals surface area contributed by atoms with Gasteiger partial charge in [-0.3, -0.25) is 0 Å². The van der Waals surface area contributed by atoms with E-state index in [1.807, 2.05) is 0 Å². The molecule has 0 bridgehead atoms. The fourth-order valence-electron chi connectivity index (χ4n) is 9.24. The maximum absolute atomic E-state index is 5.47. The molecule has 49 heavy (non-hydrogen) atoms. The Kier molecular flexibility index (Phi) is 16.6. The minimum atomic E-state index is 0.0600. The van der Waals surface area contributed by atoms with Gasteiger partial charge in [0, 0.05) is 53.7 Å². The lowest BCUT2D eigenvalue weighted by molar-refractivity contribution is 0.157. The Morgan fingerprint density at radius 2 is 0.796 bits per heavy atom. The first kappa shape index (κ1) is 41.9. The Morgan fingerprint density at radius 1 is 0.469 bits per heavy atom. The molecule has 0 aliphatic carbocycles. The molecule has 2 N–H and O–H groups in total. The molecular weight excluding hydrogens is 603 g/mol. The lowest BCUT2D eigenvalue weighted by Crippen LogP contribution is -2.63. The Morgan fingerprint density at radius 3 is 1.14 bits per heavy atom. The SMILES string of the molecule is CCCCCCCCCCCCCc1nc(N(CCCC)C2CC(C)(C)NC(C)(C)C2)nc(N(CCCC)C2CC(C)(C)NC(C)(C)C2)n1. The number of aromatic nitrogens is 3. The lowest BCUT2D eigenvalue weighted by Gasteiger charge is -2.50. The van der Waals surface area contributed by atoms with E-state index in [1.54, 1.807) is 0 Å². The van der Waals surface area contributed by atoms with Crippen LogP contribution >= 0.6 is 0 Å². The van der Waals surface area contributed by atoms with E-state index in [1.165, 1.54) is 77.0 Å². The highest BCUT2D eigenvalue weighted by molar-refractivity contribution is 5.42. The van der Waals surface area contributed by atoms with E-state index in [2.05, 4.69) is 96.6 Å². The summed E-state index contributed by atoms with van der Waals surface area (Å²) in [4.78, 5) is 21.4. The van der Waals surface area contributed by atoms with E-state index in [9.17, 15) is 0 Å². The van der Waals surface area contributed by atoms with Gasteiger partial charge in [0.25, 0.3) is 0 Å². The molecule has 2 aliphatic rings. The van der Waals surface area contributed by atoms with Crippen LogP contribution in [-0.4, -0.2) is 62.3 Å². The second-order valence-electron chi connectivity index (χ2n) is 18.6. The van der Waals surface area contributed by atoms with E-state index >= 15 is 0 Å². The normalized spacial score (nSPS) is 20.4. The fourth-order valence-corrected chi connectivity index (χ4v) is 9.24. The van der Waals surface area contributed by atoms with Gasteiger partial charge >= 0.3 is 0 Å². The molecule has 284 valence electrons. The topological polar surface area (TPSA) is 69.2 Å². The van der Waals surface area contributed by atoms with Gasteiger partial charge in [0.05, 0.1) is 0 Å². The van der Waals surface area contributed by atoms with Gasteiger partial charge in [-0.2, -0.15) is 15.0 Å². The van der Waals surface area contributed by atoms with Crippen LogP contribution in [0.3, 0.4) is 0 Å². The summed E-state index contributed by atoms with van der Waals surface area (Å²) in [5.74, 6) is 2.84. The predicted octanol–water partition coefficient (Wildman–Crippen LogP) is 10.6. The highest BCUT2D eigenvalue weighted by Crippen LogP contribution is 2.36. The second kappa shape index (κ2) is 19.4. The van der Waals surface area contributed by atoms with Crippen molar-refractivity contribution in [2.75, 3.05) is 22.9 Å². The van der Waals surface area contributed by atoms with E-state index in [4.69, 9.17) is 15.0 Å². The smallest absolute Gasteiger partial charge is 0.230 e. The zero-order valence-corrected chi connectivity index (χ0v) is 34.4. The van der Waals surface area contributed by atoms with Crippen LogP contribution in [0.5, 0.6) is 0 Å². The highest BCUT2D eigenvalue weighted by atomic mass is 15.4. The molecule has 0 saturated carbocycles. The molecule has 0 unspecified atom stereocenters. The van der Waals surface area contributed by atoms with Crippen molar-refractivity contribution >= 4 is 11.9 Å². The highest BCUT2D eigenvalue weighted by Gasteiger charge is 2.42. The third-order valence-electron chi connectivity index (χ3n) is 10.9. The summed E-state index contributed by atoms with van der Waals surface area (Å²) in [6.07, 6.45) is 24.8. The number of piperidine rings is 2. The molecule has 1 aromatic rings. The van der Waals surface area contributed by atoms with Crippen molar-refractivity contribution in [2.45, 2.75) is 239 Å². The van der Waals surface area contributed by atoms with Crippen molar-refractivity contribution < 1.29 is 0 Å². The van der Waals surface area contributed by atoms with Gasteiger partial charge < -0.3 is 20.4 Å². The number of aryl methyl sites for hydroxylation is 1. The van der Waals surface area contributed by atoms with Crippen molar-refractivity contribution in [1.82, 2.24) is 25.6 Å². The van der Waals surface area contributed by atoms with Crippen molar-refractivity contribution in [2.24, 2.45) is 0 Å². The van der Waals surface area contributed by atoms with Gasteiger partial charge in [-0.05, 0) is 100 Å². The average Bonchev–Trinajstić information content (AvgIpc) is 2.97. The van der Waals surface area contributed by atoms with Gasteiger partial charge in [0.15, 0.2) is 0 Å². The first-order valence-corrected chi connectivity index (χ1v) is 21.0. The van der Waals surface area contributed by atoms with Crippen molar-refractivity contribution in [3.63, 3.8) is 0 Å². The van der Waals surface area contributed by atoms with Crippen LogP contribution < -0.4 is 20.4 Å². The Labute approximate surface area is 304 Å². The van der Waals surface area contributed by atoms with E-state index in [-0.39, 0.29) is 22.2 Å². The van der Waals surface area contributed by atoms with Crippen molar-refractivity contribution in [1.29, 1.82) is 0 Å². The number of nitrogens with one attached hydrogen (secondary N) is 2. The lowest BCUT2D eigenvalue weighted by atomic mass is 9.79. The zero-order valence-electron chi connectivity index (χ0n) is 34.4. The van der Waals surface area contributed by atoms with Crippen LogP contribution in [0.2, 0.25) is 0 Å². The summed E-state index contributed by atoms with van der Waals surface area (Å²) in [5, 5.41) is 7.83. The van der Waals surface area contributed by atoms with E-state index < -0.39 is 0 Å². The molecule has 3 rings (SSSR count). The van der Waals surface area contributed by atoms with E-state index in [0.29, 0.717) is 12.1 Å². The minimum Gasteiger partial charge on any atom is -0.338 e. The van der Waals surface area contributed by atoms with Gasteiger partial charge in [-0.1, -0.05) is 97.8 Å². The maximum atomic E-state index is 5.47. The molecular formula is C42H81N7. The summed E-state index contributed by atoms with van der Waals surface area (Å²) in [7, 11) is 0. The summed E-state index contributed by atoms with van der Waals surface area (Å²) in [6, 6.07) is 0.785. The largest absolute Gasteiger partial charge is 0.338 e. The van der Waals surface area contributed by atoms with Crippen molar-refractivity contribution in [3.05, 3.63) is 5.82 Å². The first-order chi connectivity index (χ1) is 23.1. The molecule has 0 spiro atoms. The predicted molar refractivity (Wildman–Crippen MR) is 213 cm³/mol. The van der Waals surface area contributed by atoms with Crippen LogP contribution in [0, 0.1) is 0 Å². The molecule has 0 amide bonds. The number of unbranched alkanes of at least 4 members (excludes halogenated alkanes) is 12. The maximum Gasteiger partial charge on any atom is 0.230 e. The summed E-state index contributed by atoms with van der Waals surface area (Å²) < 4.78 is 0. The van der Waals surface area contributed by atoms with Gasteiger partial charge in [-0.25, -0.2) is 0 Å². The molecule has 0 radical (unpaired) electrons. The molecule has 2 fully saturated rings. The van der Waals surface area contributed by atoms with Crippen LogP contribution in [0.15, 0.2) is 0 Å². The molecule has 2 aliphatic heterocycles. The monoisotopic (exact) mass is 684 g/mol. The molecule has 7 nitrogen and oxygen atoms in total. The quantitative estimate of drug-likeness (QED) is 0.118. The van der Waals surface area contributed by atoms with Gasteiger partial charge in [-0.15, -0.1) is 0 Å². The number of rotatable bonds is 22. The first-order valence-electron chi connectivity index (χ1n) is 21.0. The zero-order chi connectivity index (χ0) is 36.1.